The lowest BCUT2D eigenvalue weighted by Gasteiger charge is -2.20. The van der Waals surface area contributed by atoms with Crippen molar-refractivity contribution in [2.24, 2.45) is 0 Å². The average molecular weight is 526 g/mol. The minimum atomic E-state index is -4.22. The van der Waals surface area contributed by atoms with E-state index >= 15 is 0 Å². The van der Waals surface area contributed by atoms with E-state index in [9.17, 15) is 13.5 Å². The number of hydrogen-bond donors (Lipinski definition) is 2. The second-order valence-corrected chi connectivity index (χ2v) is 10.3. The van der Waals surface area contributed by atoms with Crippen LogP contribution >= 0.6 is 0 Å². The number of ether oxygens (including phenoxy) is 2. The first kappa shape index (κ1) is 26.0. The Hall–Kier alpha value is -4.10. The molecule has 0 amide bonds. The van der Waals surface area contributed by atoms with Crippen LogP contribution in [0.15, 0.2) is 48.8 Å². The third kappa shape index (κ3) is 5.22. The van der Waals surface area contributed by atoms with E-state index < -0.39 is 21.4 Å². The predicted octanol–water partition coefficient (Wildman–Crippen LogP) is 2.62. The van der Waals surface area contributed by atoms with E-state index in [2.05, 4.69) is 29.9 Å². The largest absolute Gasteiger partial charge is 0.494 e. The van der Waals surface area contributed by atoms with Crippen LogP contribution in [0.25, 0.3) is 17.2 Å². The fraction of sp³-hybridized carbons (Fsp3) is 0.292. The molecule has 0 radical (unpaired) electrons. The molecule has 194 valence electrons. The van der Waals surface area contributed by atoms with Crippen molar-refractivity contribution in [1.82, 2.24) is 29.7 Å². The molecular weight excluding hydrogens is 498 g/mol. The second kappa shape index (κ2) is 10.5. The Morgan fingerprint density at radius 1 is 0.973 bits per heavy atom. The molecule has 2 atom stereocenters. The minimum absolute atomic E-state index is 0.0130. The van der Waals surface area contributed by atoms with Gasteiger partial charge in [-0.25, -0.2) is 23.4 Å². The van der Waals surface area contributed by atoms with Crippen LogP contribution < -0.4 is 14.2 Å². The molecule has 3 aromatic heterocycles. The quantitative estimate of drug-likeness (QED) is 0.333. The number of benzene rings is 1. The molecular formula is C24H27N7O5S. The van der Waals surface area contributed by atoms with Gasteiger partial charge >= 0.3 is 0 Å². The normalized spacial score (nSPS) is 13.1. The lowest BCUT2D eigenvalue weighted by Crippen LogP contribution is -2.32. The third-order valence-corrected chi connectivity index (χ3v) is 7.34. The monoisotopic (exact) mass is 525 g/mol. The molecule has 0 aliphatic heterocycles. The number of sulfonamides is 1. The molecule has 0 aliphatic rings. The number of methoxy groups -OCH3 is 2. The first-order chi connectivity index (χ1) is 17.7. The molecule has 1 aromatic carbocycles. The Bertz CT molecular complexity index is 1480. The highest BCUT2D eigenvalue weighted by Gasteiger charge is 2.34. The van der Waals surface area contributed by atoms with Crippen molar-refractivity contribution >= 4 is 16.0 Å². The minimum Gasteiger partial charge on any atom is -0.494 e. The number of aryl methyl sites for hydroxylation is 2. The molecule has 4 aromatic rings. The summed E-state index contributed by atoms with van der Waals surface area (Å²) < 4.78 is 41.8. The number of nitrogens with zero attached hydrogens (tertiary/aromatic N) is 6. The molecule has 13 heteroatoms. The van der Waals surface area contributed by atoms with Gasteiger partial charge in [0.2, 0.25) is 16.0 Å². The second-order valence-electron chi connectivity index (χ2n) is 8.27. The molecule has 0 fully saturated rings. The van der Waals surface area contributed by atoms with Crippen molar-refractivity contribution in [2.75, 3.05) is 18.9 Å². The molecule has 0 spiro atoms. The van der Waals surface area contributed by atoms with E-state index in [4.69, 9.17) is 9.47 Å². The molecule has 2 N–H and O–H groups in total. The van der Waals surface area contributed by atoms with Crippen molar-refractivity contribution in [2.45, 2.75) is 32.1 Å². The smallest absolute Gasteiger partial charge is 0.243 e. The zero-order valence-electron chi connectivity index (χ0n) is 20.9. The highest BCUT2D eigenvalue weighted by Crippen LogP contribution is 2.37. The summed E-state index contributed by atoms with van der Waals surface area (Å²) in [5.74, 6) is 0.856. The summed E-state index contributed by atoms with van der Waals surface area (Å²) in [6.07, 6.45) is 1.52. The van der Waals surface area contributed by atoms with E-state index in [-0.39, 0.29) is 17.6 Å². The Balaban J connectivity index is 1.83. The SMILES string of the molecule is COc1cccc(OC)c1-n1c(NS(=O)(=O)C(C)[C@@H](O)c2ncc(C)cn2)nnc1-c1cccc(C)n1. The maximum atomic E-state index is 13.4. The highest BCUT2D eigenvalue weighted by atomic mass is 32.2. The highest BCUT2D eigenvalue weighted by molar-refractivity contribution is 7.93. The van der Waals surface area contributed by atoms with Crippen molar-refractivity contribution in [3.05, 3.63) is 65.9 Å². The summed E-state index contributed by atoms with van der Waals surface area (Å²) in [4.78, 5) is 12.6. The molecule has 0 aliphatic carbocycles. The van der Waals surface area contributed by atoms with Gasteiger partial charge in [0.1, 0.15) is 34.2 Å². The van der Waals surface area contributed by atoms with Crippen molar-refractivity contribution in [3.8, 4) is 28.7 Å². The zero-order valence-corrected chi connectivity index (χ0v) is 21.8. The zero-order chi connectivity index (χ0) is 26.7. The molecule has 3 heterocycles. The maximum absolute atomic E-state index is 13.4. The summed E-state index contributed by atoms with van der Waals surface area (Å²) in [5, 5.41) is 17.7. The number of anilines is 1. The van der Waals surface area contributed by atoms with Gasteiger partial charge in [-0.1, -0.05) is 12.1 Å². The van der Waals surface area contributed by atoms with Gasteiger partial charge in [-0.2, -0.15) is 0 Å². The van der Waals surface area contributed by atoms with Crippen molar-refractivity contribution in [3.63, 3.8) is 0 Å². The van der Waals surface area contributed by atoms with Gasteiger partial charge in [-0.15, -0.1) is 10.2 Å². The van der Waals surface area contributed by atoms with Crippen LogP contribution in [0, 0.1) is 13.8 Å². The van der Waals surface area contributed by atoms with Crippen LogP contribution in [0.4, 0.5) is 5.95 Å². The van der Waals surface area contributed by atoms with Crippen LogP contribution in [0.2, 0.25) is 0 Å². The number of para-hydroxylation sites is 1. The van der Waals surface area contributed by atoms with Gasteiger partial charge in [0, 0.05) is 18.1 Å². The van der Waals surface area contributed by atoms with Gasteiger partial charge in [-0.05, 0) is 50.6 Å². The van der Waals surface area contributed by atoms with E-state index in [1.807, 2.05) is 13.0 Å². The van der Waals surface area contributed by atoms with Gasteiger partial charge in [0.25, 0.3) is 0 Å². The molecule has 0 saturated carbocycles. The Morgan fingerprint density at radius 3 is 2.19 bits per heavy atom. The third-order valence-electron chi connectivity index (χ3n) is 5.64. The van der Waals surface area contributed by atoms with Crippen LogP contribution in [0.3, 0.4) is 0 Å². The number of aliphatic hydroxyl groups is 1. The van der Waals surface area contributed by atoms with Gasteiger partial charge in [-0.3, -0.25) is 9.29 Å². The molecule has 0 bridgehead atoms. The average Bonchev–Trinajstić information content (AvgIpc) is 3.29. The number of aromatic nitrogens is 6. The van der Waals surface area contributed by atoms with E-state index in [0.717, 1.165) is 11.3 Å². The van der Waals surface area contributed by atoms with Gasteiger partial charge < -0.3 is 14.6 Å². The number of rotatable bonds is 9. The van der Waals surface area contributed by atoms with Crippen LogP contribution in [0.5, 0.6) is 11.5 Å². The van der Waals surface area contributed by atoms with E-state index in [1.54, 1.807) is 37.3 Å². The Labute approximate surface area is 214 Å². The maximum Gasteiger partial charge on any atom is 0.243 e. The standard InChI is InChI=1S/C24H27N7O5S/c1-14-12-25-22(26-13-14)21(32)16(3)37(33,34)30-24-29-28-23(17-9-6-8-15(2)27-17)31(24)20-18(35-4)10-7-11-19(20)36-5/h6-13,16,21,32H,1-5H3,(H,29,30)/t16?,21-/m1/s1. The fourth-order valence-electron chi connectivity index (χ4n) is 3.60. The van der Waals surface area contributed by atoms with E-state index in [0.29, 0.717) is 22.9 Å². The fourth-order valence-corrected chi connectivity index (χ4v) is 4.64. The summed E-state index contributed by atoms with van der Waals surface area (Å²) in [6, 6.07) is 10.5. The Morgan fingerprint density at radius 2 is 1.59 bits per heavy atom. The molecule has 0 saturated heterocycles. The lowest BCUT2D eigenvalue weighted by molar-refractivity contribution is 0.166. The summed E-state index contributed by atoms with van der Waals surface area (Å²) in [5.41, 5.74) is 2.33. The first-order valence-electron chi connectivity index (χ1n) is 11.2. The molecule has 37 heavy (non-hydrogen) atoms. The first-order valence-corrected chi connectivity index (χ1v) is 12.8. The number of hydrogen-bond acceptors (Lipinski definition) is 10. The predicted molar refractivity (Wildman–Crippen MR) is 136 cm³/mol. The number of aliphatic hydroxyl groups excluding tert-OH is 1. The number of pyridine rings is 1. The van der Waals surface area contributed by atoms with Crippen LogP contribution in [-0.4, -0.2) is 62.7 Å². The van der Waals surface area contributed by atoms with Crippen molar-refractivity contribution < 1.29 is 23.0 Å². The topological polar surface area (TPSA) is 154 Å². The lowest BCUT2D eigenvalue weighted by atomic mass is 10.2. The van der Waals surface area contributed by atoms with Gasteiger partial charge in [0.15, 0.2) is 11.6 Å². The Kier molecular flexibility index (Phi) is 7.36. The number of nitrogens with one attached hydrogen (secondary N) is 1. The molecule has 12 nitrogen and oxygen atoms in total. The molecule has 1 unspecified atom stereocenters. The summed E-state index contributed by atoms with van der Waals surface area (Å²) in [7, 11) is -1.26. The van der Waals surface area contributed by atoms with Crippen LogP contribution in [0.1, 0.15) is 30.1 Å². The van der Waals surface area contributed by atoms with Crippen molar-refractivity contribution in [1.29, 1.82) is 0 Å². The van der Waals surface area contributed by atoms with Crippen LogP contribution in [-0.2, 0) is 10.0 Å². The molecule has 4 rings (SSSR count). The van der Waals surface area contributed by atoms with Gasteiger partial charge in [0.05, 0.1) is 14.2 Å². The summed E-state index contributed by atoms with van der Waals surface area (Å²) >= 11 is 0. The summed E-state index contributed by atoms with van der Waals surface area (Å²) in [6.45, 7) is 4.97. The van der Waals surface area contributed by atoms with E-state index in [1.165, 1.54) is 38.1 Å².